The first-order valence-corrected chi connectivity index (χ1v) is 13.6. The number of carbonyl (C=O) groups excluding carboxylic acids is 1. The van der Waals surface area contributed by atoms with Crippen LogP contribution in [-0.4, -0.2) is 55.9 Å². The average Bonchev–Trinajstić information content (AvgIpc) is 2.93. The third kappa shape index (κ3) is 6.53. The molecule has 4 rings (SSSR count). The summed E-state index contributed by atoms with van der Waals surface area (Å²) in [5, 5.41) is 4.63. The molecule has 37 heavy (non-hydrogen) atoms. The molecule has 1 unspecified atom stereocenters. The first-order chi connectivity index (χ1) is 17.9. The van der Waals surface area contributed by atoms with Gasteiger partial charge < -0.3 is 21.3 Å². The number of amides is 2. The number of hydrogen-bond acceptors (Lipinski definition) is 7. The van der Waals surface area contributed by atoms with Gasteiger partial charge in [0, 0.05) is 63.0 Å². The number of carbonyl (C=O) groups is 1. The minimum absolute atomic E-state index is 0.179. The predicted molar refractivity (Wildman–Crippen MR) is 146 cm³/mol. The average molecular weight is 521 g/mol. The van der Waals surface area contributed by atoms with Crippen molar-refractivity contribution in [3.8, 4) is 0 Å². The summed E-state index contributed by atoms with van der Waals surface area (Å²) in [6, 6.07) is 17.6. The lowest BCUT2D eigenvalue weighted by atomic mass is 10.2. The molecule has 1 aliphatic heterocycles. The fourth-order valence-electron chi connectivity index (χ4n) is 4.28. The SMILES string of the molecule is C=CC(N1CCN(c2ccc(CN)cc2)CC1)S(=O)(=O)c1ccc(NC(=O)NCc2cccnc2)cc1. The highest BCUT2D eigenvalue weighted by Gasteiger charge is 2.32. The molecule has 1 fully saturated rings. The number of pyridine rings is 1. The van der Waals surface area contributed by atoms with Gasteiger partial charge in [-0.1, -0.05) is 24.3 Å². The van der Waals surface area contributed by atoms with Gasteiger partial charge in [0.2, 0.25) is 0 Å². The predicted octanol–water partition coefficient (Wildman–Crippen LogP) is 2.97. The van der Waals surface area contributed by atoms with Crippen LogP contribution in [0.3, 0.4) is 0 Å². The van der Waals surface area contributed by atoms with Crippen LogP contribution in [0.5, 0.6) is 0 Å². The quantitative estimate of drug-likeness (QED) is 0.371. The van der Waals surface area contributed by atoms with E-state index in [4.69, 9.17) is 5.73 Å². The summed E-state index contributed by atoms with van der Waals surface area (Å²) in [4.78, 5) is 20.6. The second kappa shape index (κ2) is 12.0. The molecule has 0 saturated carbocycles. The van der Waals surface area contributed by atoms with Gasteiger partial charge in [-0.25, -0.2) is 13.2 Å². The van der Waals surface area contributed by atoms with E-state index in [9.17, 15) is 13.2 Å². The van der Waals surface area contributed by atoms with Gasteiger partial charge in [0.25, 0.3) is 0 Å². The minimum atomic E-state index is -3.69. The summed E-state index contributed by atoms with van der Waals surface area (Å²) >= 11 is 0. The van der Waals surface area contributed by atoms with Gasteiger partial charge in [0.05, 0.1) is 4.90 Å². The number of benzene rings is 2. The normalized spacial score (nSPS) is 15.1. The second-order valence-corrected chi connectivity index (χ2v) is 10.8. The smallest absolute Gasteiger partial charge is 0.319 e. The van der Waals surface area contributed by atoms with Crippen LogP contribution in [0.15, 0.2) is 90.6 Å². The molecule has 9 nitrogen and oxygen atoms in total. The summed E-state index contributed by atoms with van der Waals surface area (Å²) in [6.45, 7) is 7.24. The van der Waals surface area contributed by atoms with Crippen LogP contribution < -0.4 is 21.3 Å². The highest BCUT2D eigenvalue weighted by molar-refractivity contribution is 7.92. The number of anilines is 2. The summed E-state index contributed by atoms with van der Waals surface area (Å²) in [7, 11) is -3.69. The van der Waals surface area contributed by atoms with Gasteiger partial charge in [-0.2, -0.15) is 0 Å². The van der Waals surface area contributed by atoms with E-state index in [0.717, 1.165) is 16.8 Å². The molecule has 2 aromatic carbocycles. The zero-order valence-electron chi connectivity index (χ0n) is 20.6. The zero-order chi connectivity index (χ0) is 26.3. The fraction of sp³-hybridized carbons (Fsp3) is 0.259. The molecule has 1 aliphatic rings. The Morgan fingerprint density at radius 1 is 1.03 bits per heavy atom. The van der Waals surface area contributed by atoms with Crippen LogP contribution in [-0.2, 0) is 22.9 Å². The van der Waals surface area contributed by atoms with E-state index in [1.165, 1.54) is 18.2 Å². The maximum atomic E-state index is 13.4. The van der Waals surface area contributed by atoms with Crippen LogP contribution in [0, 0.1) is 0 Å². The lowest BCUT2D eigenvalue weighted by Crippen LogP contribution is -2.52. The van der Waals surface area contributed by atoms with Crippen molar-refractivity contribution in [2.24, 2.45) is 5.73 Å². The molecule has 0 bridgehead atoms. The maximum Gasteiger partial charge on any atom is 0.319 e. The van der Waals surface area contributed by atoms with Crippen LogP contribution in [0.1, 0.15) is 11.1 Å². The summed E-state index contributed by atoms with van der Waals surface area (Å²) in [6.07, 6.45) is 4.83. The number of piperazine rings is 1. The van der Waals surface area contributed by atoms with E-state index >= 15 is 0 Å². The molecule has 1 aromatic heterocycles. The largest absolute Gasteiger partial charge is 0.369 e. The van der Waals surface area contributed by atoms with Gasteiger partial charge in [0.15, 0.2) is 9.84 Å². The molecule has 194 valence electrons. The third-order valence-corrected chi connectivity index (χ3v) is 8.40. The number of nitrogens with zero attached hydrogens (tertiary/aromatic N) is 3. The second-order valence-electron chi connectivity index (χ2n) is 8.76. The van der Waals surface area contributed by atoms with E-state index in [2.05, 4.69) is 27.1 Å². The van der Waals surface area contributed by atoms with Gasteiger partial charge in [-0.3, -0.25) is 9.88 Å². The Morgan fingerprint density at radius 3 is 2.32 bits per heavy atom. The van der Waals surface area contributed by atoms with E-state index < -0.39 is 15.2 Å². The highest BCUT2D eigenvalue weighted by atomic mass is 32.2. The molecule has 3 aromatic rings. The number of rotatable bonds is 9. The number of urea groups is 1. The highest BCUT2D eigenvalue weighted by Crippen LogP contribution is 2.24. The van der Waals surface area contributed by atoms with Crippen molar-refractivity contribution in [1.29, 1.82) is 0 Å². The molecule has 2 amide bonds. The summed E-state index contributed by atoms with van der Waals surface area (Å²) in [5.74, 6) is 0. The van der Waals surface area contributed by atoms with E-state index in [-0.39, 0.29) is 10.9 Å². The van der Waals surface area contributed by atoms with Crippen molar-refractivity contribution in [3.05, 3.63) is 96.8 Å². The first-order valence-electron chi connectivity index (χ1n) is 12.1. The Labute approximate surface area is 217 Å². The van der Waals surface area contributed by atoms with Gasteiger partial charge in [-0.05, 0) is 53.6 Å². The number of aromatic nitrogens is 1. The van der Waals surface area contributed by atoms with E-state index in [1.54, 1.807) is 30.6 Å². The summed E-state index contributed by atoms with van der Waals surface area (Å²) in [5.41, 5.74) is 9.23. The van der Waals surface area contributed by atoms with Crippen molar-refractivity contribution in [3.63, 3.8) is 0 Å². The topological polar surface area (TPSA) is 121 Å². The molecule has 1 atom stereocenters. The van der Waals surface area contributed by atoms with Crippen molar-refractivity contribution in [2.45, 2.75) is 23.4 Å². The van der Waals surface area contributed by atoms with Gasteiger partial charge >= 0.3 is 6.03 Å². The fourth-order valence-corrected chi connectivity index (χ4v) is 5.93. The van der Waals surface area contributed by atoms with Crippen LogP contribution >= 0.6 is 0 Å². The zero-order valence-corrected chi connectivity index (χ0v) is 21.4. The Balaban J connectivity index is 1.34. The summed E-state index contributed by atoms with van der Waals surface area (Å²) < 4.78 is 26.9. The van der Waals surface area contributed by atoms with Crippen molar-refractivity contribution >= 4 is 27.2 Å². The first kappa shape index (κ1) is 26.3. The molecule has 1 saturated heterocycles. The van der Waals surface area contributed by atoms with Crippen LogP contribution in [0.4, 0.5) is 16.2 Å². The lowest BCUT2D eigenvalue weighted by Gasteiger charge is -2.39. The van der Waals surface area contributed by atoms with Crippen molar-refractivity contribution < 1.29 is 13.2 Å². The Hall–Kier alpha value is -3.73. The van der Waals surface area contributed by atoms with Crippen molar-refractivity contribution in [2.75, 3.05) is 36.4 Å². The number of hydrogen-bond donors (Lipinski definition) is 3. The Bertz CT molecular complexity index is 1290. The standard InChI is InChI=1S/C27H32N6O3S/c1-2-26(33-16-14-32(15-17-33)24-9-5-21(18-28)6-10-24)37(35,36)25-11-7-23(8-12-25)31-27(34)30-20-22-4-3-13-29-19-22/h2-13,19,26H,1,14-18,20,28H2,(H2,30,31,34). The van der Waals surface area contributed by atoms with E-state index in [1.807, 2.05) is 35.2 Å². The molecule has 0 spiro atoms. The molecule has 2 heterocycles. The van der Waals surface area contributed by atoms with Gasteiger partial charge in [-0.15, -0.1) is 6.58 Å². The number of sulfone groups is 1. The monoisotopic (exact) mass is 520 g/mol. The minimum Gasteiger partial charge on any atom is -0.369 e. The molecule has 0 aliphatic carbocycles. The molecule has 4 N–H and O–H groups in total. The maximum absolute atomic E-state index is 13.4. The Morgan fingerprint density at radius 2 is 1.73 bits per heavy atom. The van der Waals surface area contributed by atoms with Crippen molar-refractivity contribution in [1.82, 2.24) is 15.2 Å². The molecular formula is C27H32N6O3S. The van der Waals surface area contributed by atoms with E-state index in [0.29, 0.717) is 45.0 Å². The van der Waals surface area contributed by atoms with Gasteiger partial charge in [0.1, 0.15) is 5.37 Å². The lowest BCUT2D eigenvalue weighted by molar-refractivity contribution is 0.251. The molecular weight excluding hydrogens is 488 g/mol. The Kier molecular flexibility index (Phi) is 8.54. The number of nitrogens with one attached hydrogen (secondary N) is 2. The third-order valence-electron chi connectivity index (χ3n) is 6.35. The number of nitrogens with two attached hydrogens (primary N) is 1. The molecule has 10 heteroatoms. The van der Waals surface area contributed by atoms with Crippen LogP contribution in [0.25, 0.3) is 0 Å². The molecule has 0 radical (unpaired) electrons. The van der Waals surface area contributed by atoms with Crippen LogP contribution in [0.2, 0.25) is 0 Å².